The molecule has 3 aromatic carbocycles. The first kappa shape index (κ1) is 30.5. The third-order valence-corrected chi connectivity index (χ3v) is 8.11. The summed E-state index contributed by atoms with van der Waals surface area (Å²) in [6.45, 7) is 1.01. The number of carbonyl (C=O) groups is 4. The van der Waals surface area contributed by atoms with E-state index in [2.05, 4.69) is 15.5 Å². The lowest BCUT2D eigenvalue weighted by Gasteiger charge is -2.43. The van der Waals surface area contributed by atoms with E-state index in [-0.39, 0.29) is 25.5 Å². The summed E-state index contributed by atoms with van der Waals surface area (Å²) in [6, 6.07) is 20.5. The number of urea groups is 1. The zero-order chi connectivity index (χ0) is 31.3. The van der Waals surface area contributed by atoms with Crippen molar-refractivity contribution in [1.29, 1.82) is 0 Å². The highest BCUT2D eigenvalue weighted by molar-refractivity contribution is 5.97. The van der Waals surface area contributed by atoms with Crippen molar-refractivity contribution in [2.75, 3.05) is 38.3 Å². The van der Waals surface area contributed by atoms with Crippen LogP contribution in [0.3, 0.4) is 0 Å². The van der Waals surface area contributed by atoms with Gasteiger partial charge in [-0.05, 0) is 42.7 Å². The van der Waals surface area contributed by atoms with Crippen molar-refractivity contribution < 1.29 is 32.7 Å². The number of halogens is 2. The van der Waals surface area contributed by atoms with Gasteiger partial charge in [-0.1, -0.05) is 54.6 Å². The van der Waals surface area contributed by atoms with Crippen molar-refractivity contribution in [1.82, 2.24) is 20.4 Å². The molecule has 44 heavy (non-hydrogen) atoms. The molecule has 2 saturated heterocycles. The maximum absolute atomic E-state index is 14.1. The highest BCUT2D eigenvalue weighted by Crippen LogP contribution is 2.40. The Morgan fingerprint density at radius 1 is 0.909 bits per heavy atom. The average Bonchev–Trinajstić information content (AvgIpc) is 3.29. The molecular weight excluding hydrogens is 572 g/mol. The largest absolute Gasteiger partial charge is 0.467 e. The molecule has 3 aromatic rings. The Morgan fingerprint density at radius 3 is 2.14 bits per heavy atom. The van der Waals surface area contributed by atoms with Crippen LogP contribution in [-0.4, -0.2) is 78.6 Å². The molecular formula is C32H33F2N5O5. The van der Waals surface area contributed by atoms with Crippen LogP contribution in [0.25, 0.3) is 0 Å². The number of hydrogen-bond donors (Lipinski definition) is 2. The third kappa shape index (κ3) is 6.19. The van der Waals surface area contributed by atoms with Gasteiger partial charge in [0.25, 0.3) is 5.91 Å². The minimum Gasteiger partial charge on any atom is -0.467 e. The van der Waals surface area contributed by atoms with E-state index in [0.717, 1.165) is 36.6 Å². The topological polar surface area (TPSA) is 111 Å². The number of esters is 1. The van der Waals surface area contributed by atoms with E-state index in [9.17, 15) is 28.0 Å². The predicted octanol–water partition coefficient (Wildman–Crippen LogP) is 3.29. The van der Waals surface area contributed by atoms with Gasteiger partial charge in [-0.3, -0.25) is 9.59 Å². The first-order chi connectivity index (χ1) is 21.2. The number of amides is 4. The molecule has 2 N–H and O–H groups in total. The number of nitrogens with zero attached hydrogens (tertiary/aromatic N) is 3. The Labute approximate surface area is 253 Å². The fourth-order valence-corrected chi connectivity index (χ4v) is 5.79. The number of benzene rings is 3. The second kappa shape index (κ2) is 13.1. The van der Waals surface area contributed by atoms with Gasteiger partial charge in [-0.15, -0.1) is 0 Å². The van der Waals surface area contributed by atoms with Crippen LogP contribution in [0.4, 0.5) is 19.3 Å². The highest BCUT2D eigenvalue weighted by Gasteiger charge is 2.54. The predicted molar refractivity (Wildman–Crippen MR) is 157 cm³/mol. The van der Waals surface area contributed by atoms with E-state index in [1.807, 2.05) is 65.6 Å². The number of nitrogens with one attached hydrogen (secondary N) is 2. The lowest BCUT2D eigenvalue weighted by molar-refractivity contribution is -0.142. The molecule has 0 bridgehead atoms. The van der Waals surface area contributed by atoms with Gasteiger partial charge in [0.1, 0.15) is 28.8 Å². The Kier molecular flexibility index (Phi) is 9.07. The highest BCUT2D eigenvalue weighted by atomic mass is 19.1. The Morgan fingerprint density at radius 2 is 1.52 bits per heavy atom. The number of rotatable bonds is 8. The van der Waals surface area contributed by atoms with Crippen molar-refractivity contribution >= 4 is 29.5 Å². The maximum atomic E-state index is 14.1. The van der Waals surface area contributed by atoms with Crippen LogP contribution < -0.4 is 15.5 Å². The van der Waals surface area contributed by atoms with Gasteiger partial charge in [0.05, 0.1) is 20.3 Å². The molecule has 2 aliphatic rings. The molecule has 0 saturated carbocycles. The number of methoxy groups -OCH3 is 1. The summed E-state index contributed by atoms with van der Waals surface area (Å²) >= 11 is 0. The molecule has 1 unspecified atom stereocenters. The average molecular weight is 606 g/mol. The lowest BCUT2D eigenvalue weighted by Crippen LogP contribution is -2.59. The second-order valence-corrected chi connectivity index (χ2v) is 10.7. The number of anilines is 1. The van der Waals surface area contributed by atoms with Crippen LogP contribution in [0.1, 0.15) is 28.8 Å². The van der Waals surface area contributed by atoms with Crippen LogP contribution in [0.5, 0.6) is 0 Å². The van der Waals surface area contributed by atoms with E-state index >= 15 is 0 Å². The molecule has 4 amide bonds. The summed E-state index contributed by atoms with van der Waals surface area (Å²) in [6.07, 6.45) is 0.756. The van der Waals surface area contributed by atoms with Crippen LogP contribution in [0.15, 0.2) is 78.9 Å². The molecule has 2 heterocycles. The molecule has 5 rings (SSSR count). The molecule has 0 aromatic heterocycles. The summed E-state index contributed by atoms with van der Waals surface area (Å²) < 4.78 is 32.9. The lowest BCUT2D eigenvalue weighted by atomic mass is 9.85. The Balaban J connectivity index is 1.25. The number of ether oxygens (including phenoxy) is 1. The molecule has 1 atom stereocenters. The normalized spacial score (nSPS) is 16.5. The number of carbonyl (C=O) groups excluding carboxylic acids is 4. The summed E-state index contributed by atoms with van der Waals surface area (Å²) in [5.41, 5.74) is 0.253. The van der Waals surface area contributed by atoms with Crippen LogP contribution in [-0.2, 0) is 20.9 Å². The zero-order valence-corrected chi connectivity index (χ0v) is 24.2. The minimum absolute atomic E-state index is 0.000826. The van der Waals surface area contributed by atoms with Crippen LogP contribution in [0.2, 0.25) is 0 Å². The van der Waals surface area contributed by atoms with E-state index < -0.39 is 46.7 Å². The second-order valence-electron chi connectivity index (χ2n) is 10.7. The molecule has 2 aliphatic heterocycles. The third-order valence-electron chi connectivity index (χ3n) is 8.11. The molecule has 1 spiro atoms. The summed E-state index contributed by atoms with van der Waals surface area (Å²) in [7, 11) is 1.09. The fourth-order valence-electron chi connectivity index (χ4n) is 5.79. The van der Waals surface area contributed by atoms with Gasteiger partial charge in [-0.2, -0.15) is 0 Å². The van der Waals surface area contributed by atoms with Crippen molar-refractivity contribution in [2.24, 2.45) is 0 Å². The summed E-state index contributed by atoms with van der Waals surface area (Å²) in [5, 5.41) is 4.84. The molecule has 0 aliphatic carbocycles. The first-order valence-corrected chi connectivity index (χ1v) is 14.2. The maximum Gasteiger partial charge on any atom is 0.330 e. The van der Waals surface area contributed by atoms with Crippen molar-refractivity contribution in [3.05, 3.63) is 102 Å². The number of para-hydroxylation sites is 1. The zero-order valence-electron chi connectivity index (χ0n) is 24.2. The number of hydrogen-bond acceptors (Lipinski definition) is 6. The molecule has 10 nitrogen and oxygen atoms in total. The molecule has 230 valence electrons. The van der Waals surface area contributed by atoms with Crippen molar-refractivity contribution in [3.8, 4) is 0 Å². The van der Waals surface area contributed by atoms with Gasteiger partial charge in [-0.25, -0.2) is 18.4 Å². The smallest absolute Gasteiger partial charge is 0.330 e. The Bertz CT molecular complexity index is 1500. The van der Waals surface area contributed by atoms with Gasteiger partial charge < -0.3 is 30.1 Å². The van der Waals surface area contributed by atoms with Crippen molar-refractivity contribution in [3.63, 3.8) is 0 Å². The van der Waals surface area contributed by atoms with Crippen molar-refractivity contribution in [2.45, 2.75) is 31.0 Å². The SMILES string of the molecule is COC(=O)C(CNC(=O)N1CCC2(CC1)C(=O)N(Cc1ccccc1)CN2c1ccccc1)NC(=O)c1c(F)cccc1F. The Hall–Kier alpha value is -5.00. The van der Waals surface area contributed by atoms with Crippen LogP contribution >= 0.6 is 0 Å². The van der Waals surface area contributed by atoms with Gasteiger partial charge in [0.15, 0.2) is 0 Å². The van der Waals surface area contributed by atoms with Gasteiger partial charge in [0, 0.05) is 25.3 Å². The molecule has 0 radical (unpaired) electrons. The minimum atomic E-state index is -1.40. The van der Waals surface area contributed by atoms with Gasteiger partial charge in [0.2, 0.25) is 5.91 Å². The quantitative estimate of drug-likeness (QED) is 0.382. The van der Waals surface area contributed by atoms with Gasteiger partial charge >= 0.3 is 12.0 Å². The van der Waals surface area contributed by atoms with E-state index in [1.54, 1.807) is 0 Å². The first-order valence-electron chi connectivity index (χ1n) is 14.2. The van der Waals surface area contributed by atoms with Crippen LogP contribution in [0, 0.1) is 11.6 Å². The monoisotopic (exact) mass is 605 g/mol. The standard InChI is InChI=1S/C32H33F2N5O5/c1-44-29(41)26(36-28(40)27-24(33)13-8-14-25(27)34)19-35-31(43)37-17-15-32(16-18-37)30(42)38(20-22-9-4-2-5-10-22)21-39(32)23-11-6-3-7-12-23/h2-14,26H,15-21H2,1H3,(H,35,43)(H,36,40). The van der Waals surface area contributed by atoms with E-state index in [1.165, 1.54) is 4.90 Å². The van der Waals surface area contributed by atoms with E-state index in [4.69, 9.17) is 4.74 Å². The summed E-state index contributed by atoms with van der Waals surface area (Å²) in [5.74, 6) is -4.25. The fraction of sp³-hybridized carbons (Fsp3) is 0.312. The number of piperidine rings is 1. The summed E-state index contributed by atoms with van der Waals surface area (Å²) in [4.78, 5) is 57.5. The molecule has 2 fully saturated rings. The van der Waals surface area contributed by atoms with E-state index in [0.29, 0.717) is 26.1 Å². The molecule has 12 heteroatoms. The number of likely N-dealkylation sites (tertiary alicyclic amines) is 1.